The van der Waals surface area contributed by atoms with E-state index >= 15 is 0 Å². The Bertz CT molecular complexity index is 1020. The van der Waals surface area contributed by atoms with Gasteiger partial charge in [0.15, 0.2) is 0 Å². The summed E-state index contributed by atoms with van der Waals surface area (Å²) < 4.78 is 1.12. The van der Waals surface area contributed by atoms with Gasteiger partial charge < -0.3 is 5.32 Å². The van der Waals surface area contributed by atoms with Crippen molar-refractivity contribution in [2.45, 2.75) is 19.3 Å². The SMILES string of the molecule is O=C(Nc1cccc(-n2nn[nH]c2=O)c1)c1cc(Cl)cc2c1CCC2. The number of benzene rings is 2. The van der Waals surface area contributed by atoms with Crippen molar-refractivity contribution in [3.8, 4) is 5.69 Å². The summed E-state index contributed by atoms with van der Waals surface area (Å²) in [7, 11) is 0. The average Bonchev–Trinajstić information content (AvgIpc) is 3.22. The van der Waals surface area contributed by atoms with Crippen LogP contribution in [0.3, 0.4) is 0 Å². The van der Waals surface area contributed by atoms with Gasteiger partial charge in [-0.1, -0.05) is 17.7 Å². The van der Waals surface area contributed by atoms with Gasteiger partial charge in [0.2, 0.25) is 0 Å². The van der Waals surface area contributed by atoms with Gasteiger partial charge in [-0.2, -0.15) is 4.68 Å². The van der Waals surface area contributed by atoms with Crippen LogP contribution in [0.4, 0.5) is 5.69 Å². The highest BCUT2D eigenvalue weighted by Gasteiger charge is 2.20. The van der Waals surface area contributed by atoms with Crippen molar-refractivity contribution in [3.05, 3.63) is 68.6 Å². The first-order valence-electron chi connectivity index (χ1n) is 7.85. The number of carbonyl (C=O) groups is 1. The fraction of sp³-hybridized carbons (Fsp3) is 0.176. The van der Waals surface area contributed by atoms with E-state index in [0.717, 1.165) is 35.1 Å². The number of hydrogen-bond donors (Lipinski definition) is 2. The Kier molecular flexibility index (Phi) is 3.85. The highest BCUT2D eigenvalue weighted by molar-refractivity contribution is 6.31. The number of halogens is 1. The number of H-pyrrole nitrogens is 1. The van der Waals surface area contributed by atoms with Crippen molar-refractivity contribution >= 4 is 23.2 Å². The summed E-state index contributed by atoms with van der Waals surface area (Å²) in [6.45, 7) is 0. The summed E-state index contributed by atoms with van der Waals surface area (Å²) in [6, 6.07) is 10.5. The van der Waals surface area contributed by atoms with Crippen LogP contribution in [-0.2, 0) is 12.8 Å². The maximum absolute atomic E-state index is 12.7. The molecule has 0 aliphatic heterocycles. The molecule has 0 bridgehead atoms. The summed E-state index contributed by atoms with van der Waals surface area (Å²) in [6.07, 6.45) is 2.85. The summed E-state index contributed by atoms with van der Waals surface area (Å²) in [5.41, 5.74) is 3.42. The van der Waals surface area contributed by atoms with E-state index in [1.54, 1.807) is 30.3 Å². The molecule has 0 fully saturated rings. The number of aromatic amines is 1. The van der Waals surface area contributed by atoms with E-state index in [4.69, 9.17) is 11.6 Å². The van der Waals surface area contributed by atoms with Gasteiger partial charge in [0, 0.05) is 16.3 Å². The number of amides is 1. The van der Waals surface area contributed by atoms with E-state index in [1.165, 1.54) is 0 Å². The van der Waals surface area contributed by atoms with E-state index in [9.17, 15) is 9.59 Å². The van der Waals surface area contributed by atoms with Crippen LogP contribution in [0.5, 0.6) is 0 Å². The minimum Gasteiger partial charge on any atom is -0.322 e. The maximum Gasteiger partial charge on any atom is 0.365 e. The molecule has 1 aliphatic rings. The van der Waals surface area contributed by atoms with Gasteiger partial charge in [-0.05, 0) is 71.1 Å². The quantitative estimate of drug-likeness (QED) is 0.754. The molecule has 8 heteroatoms. The lowest BCUT2D eigenvalue weighted by Crippen LogP contribution is -2.17. The van der Waals surface area contributed by atoms with Crippen LogP contribution in [0.2, 0.25) is 5.02 Å². The molecule has 0 spiro atoms. The first-order chi connectivity index (χ1) is 12.1. The molecule has 0 saturated carbocycles. The zero-order chi connectivity index (χ0) is 17.4. The third kappa shape index (κ3) is 2.94. The van der Waals surface area contributed by atoms with Gasteiger partial charge in [-0.25, -0.2) is 9.89 Å². The second kappa shape index (κ2) is 6.18. The molecule has 1 aliphatic carbocycles. The highest BCUT2D eigenvalue weighted by atomic mass is 35.5. The van der Waals surface area contributed by atoms with Gasteiger partial charge >= 0.3 is 5.69 Å². The van der Waals surface area contributed by atoms with Gasteiger partial charge in [-0.15, -0.1) is 0 Å². The van der Waals surface area contributed by atoms with E-state index < -0.39 is 5.69 Å². The van der Waals surface area contributed by atoms with Crippen LogP contribution in [0.1, 0.15) is 27.9 Å². The molecule has 0 atom stereocenters. The Morgan fingerprint density at radius 2 is 2.12 bits per heavy atom. The number of fused-ring (bicyclic) bond motifs is 1. The van der Waals surface area contributed by atoms with Crippen molar-refractivity contribution in [3.63, 3.8) is 0 Å². The Labute approximate surface area is 147 Å². The smallest absolute Gasteiger partial charge is 0.322 e. The van der Waals surface area contributed by atoms with Crippen LogP contribution in [0.25, 0.3) is 5.69 Å². The zero-order valence-electron chi connectivity index (χ0n) is 13.1. The number of anilines is 1. The number of aryl methyl sites for hydroxylation is 1. The lowest BCUT2D eigenvalue weighted by atomic mass is 10.0. The van der Waals surface area contributed by atoms with E-state index in [0.29, 0.717) is 22.0 Å². The number of tetrazole rings is 1. The Balaban J connectivity index is 1.64. The lowest BCUT2D eigenvalue weighted by Gasteiger charge is -2.11. The lowest BCUT2D eigenvalue weighted by molar-refractivity contribution is 0.102. The Morgan fingerprint density at radius 3 is 2.92 bits per heavy atom. The summed E-state index contributed by atoms with van der Waals surface area (Å²) in [4.78, 5) is 24.3. The first kappa shape index (κ1) is 15.6. The first-order valence-corrected chi connectivity index (χ1v) is 8.23. The highest BCUT2D eigenvalue weighted by Crippen LogP contribution is 2.29. The van der Waals surface area contributed by atoms with Gasteiger partial charge in [0.1, 0.15) is 0 Å². The second-order valence-corrected chi connectivity index (χ2v) is 6.30. The van der Waals surface area contributed by atoms with Crippen LogP contribution < -0.4 is 11.0 Å². The molecule has 25 heavy (non-hydrogen) atoms. The van der Waals surface area contributed by atoms with Gasteiger partial charge in [-0.3, -0.25) is 4.79 Å². The summed E-state index contributed by atoms with van der Waals surface area (Å²) >= 11 is 6.15. The van der Waals surface area contributed by atoms with Crippen molar-refractivity contribution in [1.29, 1.82) is 0 Å². The molecule has 1 heterocycles. The topological polar surface area (TPSA) is 92.7 Å². The maximum atomic E-state index is 12.7. The number of nitrogens with one attached hydrogen (secondary N) is 2. The van der Waals surface area contributed by atoms with Crippen molar-refractivity contribution in [1.82, 2.24) is 20.2 Å². The molecular formula is C17H14ClN5O2. The van der Waals surface area contributed by atoms with E-state index in [-0.39, 0.29) is 5.91 Å². The van der Waals surface area contributed by atoms with Gasteiger partial charge in [0.05, 0.1) is 5.69 Å². The van der Waals surface area contributed by atoms with Gasteiger partial charge in [0.25, 0.3) is 5.91 Å². The normalized spacial score (nSPS) is 12.8. The fourth-order valence-corrected chi connectivity index (χ4v) is 3.39. The largest absolute Gasteiger partial charge is 0.365 e. The van der Waals surface area contributed by atoms with Crippen molar-refractivity contribution < 1.29 is 4.79 Å². The molecule has 2 N–H and O–H groups in total. The molecule has 3 aromatic rings. The number of hydrogen-bond acceptors (Lipinski definition) is 4. The third-order valence-corrected chi connectivity index (χ3v) is 4.46. The molecule has 1 aromatic heterocycles. The zero-order valence-corrected chi connectivity index (χ0v) is 13.9. The molecule has 4 rings (SSSR count). The molecule has 0 unspecified atom stereocenters. The minimum atomic E-state index is -0.448. The van der Waals surface area contributed by atoms with Crippen LogP contribution >= 0.6 is 11.6 Å². The molecule has 2 aromatic carbocycles. The fourth-order valence-electron chi connectivity index (χ4n) is 3.15. The minimum absolute atomic E-state index is 0.217. The van der Waals surface area contributed by atoms with Crippen LogP contribution in [0.15, 0.2) is 41.2 Å². The molecule has 7 nitrogen and oxygen atoms in total. The number of nitrogens with zero attached hydrogens (tertiary/aromatic N) is 3. The molecular weight excluding hydrogens is 342 g/mol. The Morgan fingerprint density at radius 1 is 1.24 bits per heavy atom. The van der Waals surface area contributed by atoms with E-state index in [1.807, 2.05) is 6.07 Å². The number of rotatable bonds is 3. The number of aromatic nitrogens is 4. The standard InChI is InChI=1S/C17H14ClN5O2/c18-11-7-10-3-1-6-14(10)15(8-11)16(24)19-12-4-2-5-13(9-12)23-17(25)20-21-22-23/h2,4-5,7-9H,1,3,6H2,(H,19,24)(H,20,22,25). The van der Waals surface area contributed by atoms with Crippen LogP contribution in [0, 0.1) is 0 Å². The average molecular weight is 356 g/mol. The predicted octanol–water partition coefficient (Wildman–Crippen LogP) is 2.35. The Hall–Kier alpha value is -2.93. The number of carbonyl (C=O) groups excluding carboxylic acids is 1. The monoisotopic (exact) mass is 355 g/mol. The van der Waals surface area contributed by atoms with Crippen molar-refractivity contribution in [2.75, 3.05) is 5.32 Å². The molecule has 0 saturated heterocycles. The van der Waals surface area contributed by atoms with Crippen molar-refractivity contribution in [2.24, 2.45) is 0 Å². The molecule has 1 amide bonds. The summed E-state index contributed by atoms with van der Waals surface area (Å²) in [5.74, 6) is -0.217. The third-order valence-electron chi connectivity index (χ3n) is 4.25. The predicted molar refractivity (Wildman–Crippen MR) is 93.4 cm³/mol. The molecule has 126 valence electrons. The summed E-state index contributed by atoms with van der Waals surface area (Å²) in [5, 5.41) is 12.8. The van der Waals surface area contributed by atoms with E-state index in [2.05, 4.69) is 20.8 Å². The molecule has 0 radical (unpaired) electrons. The second-order valence-electron chi connectivity index (χ2n) is 5.87. The van der Waals surface area contributed by atoms with Crippen LogP contribution in [-0.4, -0.2) is 26.1 Å².